The van der Waals surface area contributed by atoms with Crippen LogP contribution in [0.2, 0.25) is 0 Å². The van der Waals surface area contributed by atoms with Gasteiger partial charge in [0, 0.05) is 18.2 Å². The van der Waals surface area contributed by atoms with Crippen molar-refractivity contribution in [3.63, 3.8) is 0 Å². The summed E-state index contributed by atoms with van der Waals surface area (Å²) in [7, 11) is 0. The van der Waals surface area contributed by atoms with Crippen LogP contribution in [-0.4, -0.2) is 18.5 Å². The molecule has 0 heterocycles. The van der Waals surface area contributed by atoms with E-state index in [4.69, 9.17) is 5.73 Å². The second-order valence-electron chi connectivity index (χ2n) is 5.94. The van der Waals surface area contributed by atoms with Crippen LogP contribution >= 0.6 is 0 Å². The molecule has 0 spiro atoms. The molecule has 2 rings (SSSR count). The van der Waals surface area contributed by atoms with Crippen molar-refractivity contribution in [2.75, 3.05) is 17.6 Å². The molecule has 2 atom stereocenters. The molecular weight excluding hydrogens is 262 g/mol. The van der Waals surface area contributed by atoms with Gasteiger partial charge < -0.3 is 16.4 Å². The second kappa shape index (κ2) is 7.34. The van der Waals surface area contributed by atoms with Gasteiger partial charge in [0.05, 0.1) is 11.4 Å². The third-order valence-corrected chi connectivity index (χ3v) is 4.37. The number of rotatable bonds is 5. The number of carbonyl (C=O) groups excluding carboxylic acids is 1. The molecule has 0 radical (unpaired) electrons. The van der Waals surface area contributed by atoms with E-state index in [0.29, 0.717) is 23.8 Å². The number of carbonyl (C=O) groups is 1. The second-order valence-corrected chi connectivity index (χ2v) is 5.94. The van der Waals surface area contributed by atoms with E-state index in [-0.39, 0.29) is 5.91 Å². The van der Waals surface area contributed by atoms with Crippen molar-refractivity contribution in [3.05, 3.63) is 23.8 Å². The van der Waals surface area contributed by atoms with Crippen molar-refractivity contribution in [3.8, 4) is 0 Å². The quantitative estimate of drug-likeness (QED) is 0.728. The maximum Gasteiger partial charge on any atom is 0.251 e. The van der Waals surface area contributed by atoms with Crippen molar-refractivity contribution >= 4 is 17.3 Å². The van der Waals surface area contributed by atoms with Gasteiger partial charge in [0.1, 0.15) is 0 Å². The Labute approximate surface area is 127 Å². The molecule has 1 fully saturated rings. The number of nitrogens with two attached hydrogens (primary N) is 1. The molecular formula is C17H27N3O. The van der Waals surface area contributed by atoms with E-state index in [2.05, 4.69) is 17.6 Å². The summed E-state index contributed by atoms with van der Waals surface area (Å²) in [6.45, 7) is 4.81. The lowest BCUT2D eigenvalue weighted by Crippen LogP contribution is -2.28. The summed E-state index contributed by atoms with van der Waals surface area (Å²) >= 11 is 0. The molecule has 0 bridgehead atoms. The van der Waals surface area contributed by atoms with Gasteiger partial charge in [0.15, 0.2) is 0 Å². The zero-order valence-electron chi connectivity index (χ0n) is 13.1. The van der Waals surface area contributed by atoms with Gasteiger partial charge in [-0.1, -0.05) is 26.2 Å². The van der Waals surface area contributed by atoms with Crippen LogP contribution < -0.4 is 16.4 Å². The highest BCUT2D eigenvalue weighted by atomic mass is 16.1. The first-order valence-electron chi connectivity index (χ1n) is 8.08. The number of amides is 1. The summed E-state index contributed by atoms with van der Waals surface area (Å²) in [6, 6.07) is 5.93. The topological polar surface area (TPSA) is 67.2 Å². The van der Waals surface area contributed by atoms with E-state index >= 15 is 0 Å². The van der Waals surface area contributed by atoms with Crippen molar-refractivity contribution in [2.45, 2.75) is 52.0 Å². The average Bonchev–Trinajstić information content (AvgIpc) is 2.50. The van der Waals surface area contributed by atoms with Gasteiger partial charge in [-0.25, -0.2) is 0 Å². The van der Waals surface area contributed by atoms with Gasteiger partial charge >= 0.3 is 0 Å². The Balaban J connectivity index is 2.08. The smallest absolute Gasteiger partial charge is 0.251 e. The van der Waals surface area contributed by atoms with E-state index in [1.54, 1.807) is 6.07 Å². The fraction of sp³-hybridized carbons (Fsp3) is 0.588. The molecule has 1 saturated carbocycles. The van der Waals surface area contributed by atoms with Gasteiger partial charge in [-0.3, -0.25) is 4.79 Å². The summed E-state index contributed by atoms with van der Waals surface area (Å²) < 4.78 is 0. The lowest BCUT2D eigenvalue weighted by molar-refractivity contribution is 0.0956. The third-order valence-electron chi connectivity index (χ3n) is 4.37. The molecule has 4 heteroatoms. The first-order valence-corrected chi connectivity index (χ1v) is 8.08. The maximum absolute atomic E-state index is 11.9. The maximum atomic E-state index is 11.9. The fourth-order valence-electron chi connectivity index (χ4n) is 3.10. The Morgan fingerprint density at radius 2 is 2.14 bits per heavy atom. The lowest BCUT2D eigenvalue weighted by Gasteiger charge is -2.30. The van der Waals surface area contributed by atoms with E-state index in [1.807, 2.05) is 19.1 Å². The van der Waals surface area contributed by atoms with Gasteiger partial charge in [-0.05, 0) is 43.9 Å². The zero-order chi connectivity index (χ0) is 15.2. The van der Waals surface area contributed by atoms with Gasteiger partial charge in [-0.2, -0.15) is 0 Å². The van der Waals surface area contributed by atoms with Crippen LogP contribution in [0.1, 0.15) is 56.3 Å². The van der Waals surface area contributed by atoms with E-state index in [1.165, 1.54) is 32.1 Å². The van der Waals surface area contributed by atoms with Crippen LogP contribution in [0.25, 0.3) is 0 Å². The number of benzene rings is 1. The Bertz CT molecular complexity index is 487. The van der Waals surface area contributed by atoms with Crippen LogP contribution in [0, 0.1) is 5.92 Å². The fourth-order valence-corrected chi connectivity index (χ4v) is 3.10. The Morgan fingerprint density at radius 1 is 1.33 bits per heavy atom. The molecule has 1 aromatic rings. The summed E-state index contributed by atoms with van der Waals surface area (Å²) in [5, 5.41) is 6.37. The van der Waals surface area contributed by atoms with Gasteiger partial charge in [0.25, 0.3) is 5.91 Å². The highest BCUT2D eigenvalue weighted by Crippen LogP contribution is 2.30. The molecule has 0 aromatic heterocycles. The Kier molecular flexibility index (Phi) is 5.48. The minimum absolute atomic E-state index is 0.0457. The van der Waals surface area contributed by atoms with E-state index in [9.17, 15) is 4.79 Å². The van der Waals surface area contributed by atoms with Crippen LogP contribution in [0.15, 0.2) is 18.2 Å². The molecule has 0 aliphatic heterocycles. The predicted octanol–water partition coefficient (Wildman–Crippen LogP) is 3.40. The molecule has 1 aliphatic carbocycles. The molecule has 0 saturated heterocycles. The third kappa shape index (κ3) is 4.13. The zero-order valence-corrected chi connectivity index (χ0v) is 13.1. The molecule has 1 amide bonds. The van der Waals surface area contributed by atoms with Crippen molar-refractivity contribution in [1.29, 1.82) is 0 Å². The predicted molar refractivity (Wildman–Crippen MR) is 88.5 cm³/mol. The minimum atomic E-state index is -0.0457. The van der Waals surface area contributed by atoms with Crippen LogP contribution in [0.3, 0.4) is 0 Å². The summed E-state index contributed by atoms with van der Waals surface area (Å²) in [5.74, 6) is 0.764. The monoisotopic (exact) mass is 289 g/mol. The Morgan fingerprint density at radius 3 is 2.86 bits per heavy atom. The summed E-state index contributed by atoms with van der Waals surface area (Å²) in [6.07, 6.45) is 6.23. The normalized spacial score (nSPS) is 21.8. The minimum Gasteiger partial charge on any atom is -0.397 e. The number of anilines is 2. The summed E-state index contributed by atoms with van der Waals surface area (Å²) in [5.41, 5.74) is 8.32. The van der Waals surface area contributed by atoms with Gasteiger partial charge in [-0.15, -0.1) is 0 Å². The van der Waals surface area contributed by atoms with Crippen molar-refractivity contribution in [2.24, 2.45) is 5.92 Å². The number of hydrogen-bond donors (Lipinski definition) is 3. The number of hydrogen-bond acceptors (Lipinski definition) is 3. The standard InChI is InChI=1S/C17H27N3O/c1-3-12-6-5-7-14(10-12)20-16-11-13(8-9-15(16)18)17(21)19-4-2/h8-9,11-12,14,20H,3-7,10,18H2,1-2H3,(H,19,21). The highest BCUT2D eigenvalue weighted by molar-refractivity contribution is 5.96. The molecule has 2 unspecified atom stereocenters. The first kappa shape index (κ1) is 15.7. The van der Waals surface area contributed by atoms with Gasteiger partial charge in [0.2, 0.25) is 0 Å². The highest BCUT2D eigenvalue weighted by Gasteiger charge is 2.21. The van der Waals surface area contributed by atoms with Crippen LogP contribution in [0.5, 0.6) is 0 Å². The SMILES string of the molecule is CCNC(=O)c1ccc(N)c(NC2CCCC(CC)C2)c1. The lowest BCUT2D eigenvalue weighted by atomic mass is 9.84. The molecule has 116 valence electrons. The molecule has 1 aromatic carbocycles. The first-order chi connectivity index (χ1) is 10.1. The molecule has 4 nitrogen and oxygen atoms in total. The number of nitrogens with one attached hydrogen (secondary N) is 2. The van der Waals surface area contributed by atoms with Crippen LogP contribution in [0.4, 0.5) is 11.4 Å². The number of nitrogen functional groups attached to an aromatic ring is 1. The Hall–Kier alpha value is -1.71. The van der Waals surface area contributed by atoms with Crippen molar-refractivity contribution < 1.29 is 4.79 Å². The van der Waals surface area contributed by atoms with Crippen molar-refractivity contribution in [1.82, 2.24) is 5.32 Å². The molecule has 21 heavy (non-hydrogen) atoms. The van der Waals surface area contributed by atoms with E-state index in [0.717, 1.165) is 11.6 Å². The van der Waals surface area contributed by atoms with Crippen LogP contribution in [-0.2, 0) is 0 Å². The molecule has 1 aliphatic rings. The molecule has 4 N–H and O–H groups in total. The largest absolute Gasteiger partial charge is 0.397 e. The van der Waals surface area contributed by atoms with E-state index < -0.39 is 0 Å². The summed E-state index contributed by atoms with van der Waals surface area (Å²) in [4.78, 5) is 11.9. The average molecular weight is 289 g/mol.